The number of carbonyl (C=O) groups is 1. The molecule has 1 amide bonds. The number of methoxy groups -OCH3 is 2. The molecule has 0 saturated heterocycles. The highest BCUT2D eigenvalue weighted by Crippen LogP contribution is 2.29. The van der Waals surface area contributed by atoms with E-state index in [0.717, 1.165) is 29.5 Å². The molecule has 1 saturated carbocycles. The second kappa shape index (κ2) is 7.31. The van der Waals surface area contributed by atoms with E-state index in [2.05, 4.69) is 10.6 Å². The lowest BCUT2D eigenvalue weighted by molar-refractivity contribution is -0.120. The summed E-state index contributed by atoms with van der Waals surface area (Å²) in [5, 5.41) is 6.17. The highest BCUT2D eigenvalue weighted by molar-refractivity contribution is 5.78. The van der Waals surface area contributed by atoms with E-state index in [1.54, 1.807) is 14.2 Å². The number of nitrogens with one attached hydrogen (secondary N) is 2. The zero-order valence-corrected chi connectivity index (χ0v) is 12.9. The predicted octanol–water partition coefficient (Wildman–Crippen LogP) is 1.88. The van der Waals surface area contributed by atoms with E-state index in [1.165, 1.54) is 12.8 Å². The second-order valence-corrected chi connectivity index (χ2v) is 5.47. The van der Waals surface area contributed by atoms with Gasteiger partial charge in [0.15, 0.2) is 0 Å². The first-order valence-electron chi connectivity index (χ1n) is 7.36. The molecule has 0 spiro atoms. The summed E-state index contributed by atoms with van der Waals surface area (Å²) < 4.78 is 10.6. The zero-order chi connectivity index (χ0) is 15.2. The first-order valence-corrected chi connectivity index (χ1v) is 7.36. The van der Waals surface area contributed by atoms with Gasteiger partial charge >= 0.3 is 0 Å². The normalized spacial score (nSPS) is 15.4. The molecule has 2 N–H and O–H groups in total. The van der Waals surface area contributed by atoms with Crippen molar-refractivity contribution in [3.63, 3.8) is 0 Å². The van der Waals surface area contributed by atoms with Crippen LogP contribution in [0.15, 0.2) is 18.2 Å². The molecule has 1 atom stereocenters. The van der Waals surface area contributed by atoms with Gasteiger partial charge in [0.05, 0.1) is 26.8 Å². The number of benzene rings is 1. The molecule has 1 unspecified atom stereocenters. The van der Waals surface area contributed by atoms with E-state index >= 15 is 0 Å². The zero-order valence-electron chi connectivity index (χ0n) is 12.9. The molecule has 1 aromatic carbocycles. The van der Waals surface area contributed by atoms with Crippen LogP contribution in [0.25, 0.3) is 0 Å². The van der Waals surface area contributed by atoms with Gasteiger partial charge in [0, 0.05) is 5.56 Å². The van der Waals surface area contributed by atoms with Gasteiger partial charge in [-0.05, 0) is 50.4 Å². The van der Waals surface area contributed by atoms with Crippen LogP contribution in [0, 0.1) is 5.92 Å². The van der Waals surface area contributed by atoms with Crippen molar-refractivity contribution >= 4 is 5.91 Å². The van der Waals surface area contributed by atoms with Gasteiger partial charge < -0.3 is 20.1 Å². The highest BCUT2D eigenvalue weighted by atomic mass is 16.5. The Morgan fingerprint density at radius 1 is 1.33 bits per heavy atom. The smallest absolute Gasteiger partial charge is 0.234 e. The minimum absolute atomic E-state index is 0.00646. The van der Waals surface area contributed by atoms with E-state index in [0.29, 0.717) is 6.54 Å². The van der Waals surface area contributed by atoms with Gasteiger partial charge in [-0.2, -0.15) is 0 Å². The van der Waals surface area contributed by atoms with E-state index in [1.807, 2.05) is 25.1 Å². The highest BCUT2D eigenvalue weighted by Gasteiger charge is 2.21. The van der Waals surface area contributed by atoms with Crippen molar-refractivity contribution in [1.82, 2.24) is 10.6 Å². The predicted molar refractivity (Wildman–Crippen MR) is 81.7 cm³/mol. The van der Waals surface area contributed by atoms with Gasteiger partial charge in [-0.3, -0.25) is 4.79 Å². The number of ether oxygens (including phenoxy) is 2. The Morgan fingerprint density at radius 3 is 2.71 bits per heavy atom. The monoisotopic (exact) mass is 292 g/mol. The van der Waals surface area contributed by atoms with Crippen LogP contribution < -0.4 is 20.1 Å². The summed E-state index contributed by atoms with van der Waals surface area (Å²) in [6.45, 7) is 3.23. The van der Waals surface area contributed by atoms with Crippen LogP contribution in [0.1, 0.15) is 31.4 Å². The Labute approximate surface area is 126 Å². The SMILES string of the molecule is COc1ccc(OC)c(C(C)NC(=O)CNCC2CC2)c1. The Bertz CT molecular complexity index is 486. The van der Waals surface area contributed by atoms with Crippen LogP contribution in [0.5, 0.6) is 11.5 Å². The molecule has 1 aromatic rings. The molecule has 5 nitrogen and oxygen atoms in total. The minimum atomic E-state index is -0.134. The fraction of sp³-hybridized carbons (Fsp3) is 0.562. The summed E-state index contributed by atoms with van der Waals surface area (Å²) in [7, 11) is 3.24. The fourth-order valence-electron chi connectivity index (χ4n) is 2.26. The van der Waals surface area contributed by atoms with E-state index in [4.69, 9.17) is 9.47 Å². The maximum atomic E-state index is 11.9. The van der Waals surface area contributed by atoms with Crippen LogP contribution in [0.2, 0.25) is 0 Å². The largest absolute Gasteiger partial charge is 0.497 e. The van der Waals surface area contributed by atoms with Crippen molar-refractivity contribution in [3.05, 3.63) is 23.8 Å². The summed E-state index contributed by atoms with van der Waals surface area (Å²) in [6, 6.07) is 5.45. The number of rotatable bonds is 8. The van der Waals surface area contributed by atoms with Crippen molar-refractivity contribution in [2.45, 2.75) is 25.8 Å². The molecule has 2 rings (SSSR count). The number of carbonyl (C=O) groups excluding carboxylic acids is 1. The van der Waals surface area contributed by atoms with Crippen LogP contribution in [-0.4, -0.2) is 33.2 Å². The van der Waals surface area contributed by atoms with Gasteiger partial charge in [-0.1, -0.05) is 0 Å². The molecule has 0 radical (unpaired) electrons. The second-order valence-electron chi connectivity index (χ2n) is 5.47. The number of amides is 1. The third kappa shape index (κ3) is 4.63. The Morgan fingerprint density at radius 2 is 2.10 bits per heavy atom. The molecule has 21 heavy (non-hydrogen) atoms. The average Bonchev–Trinajstić information content (AvgIpc) is 3.30. The molecule has 1 aliphatic rings. The molecule has 116 valence electrons. The van der Waals surface area contributed by atoms with Crippen molar-refractivity contribution < 1.29 is 14.3 Å². The van der Waals surface area contributed by atoms with Gasteiger partial charge in [0.1, 0.15) is 11.5 Å². The standard InChI is InChI=1S/C16H24N2O3/c1-11(18-16(19)10-17-9-12-4-5-12)14-8-13(20-2)6-7-15(14)21-3/h6-8,11-12,17H,4-5,9-10H2,1-3H3,(H,18,19). The number of hydrogen-bond donors (Lipinski definition) is 2. The lowest BCUT2D eigenvalue weighted by Crippen LogP contribution is -2.36. The summed E-state index contributed by atoms with van der Waals surface area (Å²) in [5.41, 5.74) is 0.910. The lowest BCUT2D eigenvalue weighted by atomic mass is 10.1. The van der Waals surface area contributed by atoms with E-state index in [-0.39, 0.29) is 11.9 Å². The molecule has 0 bridgehead atoms. The quantitative estimate of drug-likeness (QED) is 0.768. The maximum Gasteiger partial charge on any atom is 0.234 e. The summed E-state index contributed by atoms with van der Waals surface area (Å²) >= 11 is 0. The summed E-state index contributed by atoms with van der Waals surface area (Å²) in [4.78, 5) is 11.9. The maximum absolute atomic E-state index is 11.9. The summed E-state index contributed by atoms with van der Waals surface area (Å²) in [5.74, 6) is 2.26. The molecule has 1 fully saturated rings. The first kappa shape index (κ1) is 15.6. The van der Waals surface area contributed by atoms with Crippen molar-refractivity contribution in [3.8, 4) is 11.5 Å². The first-order chi connectivity index (χ1) is 10.1. The third-order valence-corrected chi connectivity index (χ3v) is 3.70. The fourth-order valence-corrected chi connectivity index (χ4v) is 2.26. The van der Waals surface area contributed by atoms with E-state index < -0.39 is 0 Å². The van der Waals surface area contributed by atoms with Crippen LogP contribution in [-0.2, 0) is 4.79 Å². The van der Waals surface area contributed by atoms with Crippen LogP contribution >= 0.6 is 0 Å². The van der Waals surface area contributed by atoms with Crippen LogP contribution in [0.4, 0.5) is 0 Å². The van der Waals surface area contributed by atoms with Crippen molar-refractivity contribution in [2.24, 2.45) is 5.92 Å². The van der Waals surface area contributed by atoms with Crippen molar-refractivity contribution in [2.75, 3.05) is 27.3 Å². The Hall–Kier alpha value is -1.75. The van der Waals surface area contributed by atoms with Gasteiger partial charge in [-0.15, -0.1) is 0 Å². The minimum Gasteiger partial charge on any atom is -0.497 e. The van der Waals surface area contributed by atoms with Gasteiger partial charge in [-0.25, -0.2) is 0 Å². The van der Waals surface area contributed by atoms with Gasteiger partial charge in [0.25, 0.3) is 0 Å². The number of hydrogen-bond acceptors (Lipinski definition) is 4. The molecule has 0 aliphatic heterocycles. The molecule has 5 heteroatoms. The molecule has 0 aromatic heterocycles. The Balaban J connectivity index is 1.91. The molecule has 1 aliphatic carbocycles. The Kier molecular flexibility index (Phi) is 5.44. The molecular weight excluding hydrogens is 268 g/mol. The van der Waals surface area contributed by atoms with Crippen LogP contribution in [0.3, 0.4) is 0 Å². The topological polar surface area (TPSA) is 59.6 Å². The summed E-state index contributed by atoms with van der Waals surface area (Å²) in [6.07, 6.45) is 2.57. The van der Waals surface area contributed by atoms with Gasteiger partial charge in [0.2, 0.25) is 5.91 Å². The van der Waals surface area contributed by atoms with Crippen molar-refractivity contribution in [1.29, 1.82) is 0 Å². The average molecular weight is 292 g/mol. The van der Waals surface area contributed by atoms with E-state index in [9.17, 15) is 4.79 Å². The molecule has 0 heterocycles. The molecular formula is C16H24N2O3. The lowest BCUT2D eigenvalue weighted by Gasteiger charge is -2.18. The third-order valence-electron chi connectivity index (χ3n) is 3.70.